The molecule has 0 unspecified atom stereocenters. The molecule has 1 amide bonds. The molecular weight excluding hydrogens is 256 g/mol. The van der Waals surface area contributed by atoms with E-state index in [4.69, 9.17) is 0 Å². The van der Waals surface area contributed by atoms with Gasteiger partial charge in [0.1, 0.15) is 6.33 Å². The molecule has 5 nitrogen and oxygen atoms in total. The van der Waals surface area contributed by atoms with E-state index < -0.39 is 0 Å². The minimum absolute atomic E-state index is 0.105. The van der Waals surface area contributed by atoms with Crippen molar-refractivity contribution in [3.8, 4) is 11.4 Å². The first-order chi connectivity index (χ1) is 8.29. The van der Waals surface area contributed by atoms with Crippen molar-refractivity contribution < 1.29 is 4.79 Å². The Morgan fingerprint density at radius 2 is 2.35 bits per heavy atom. The first-order valence-electron chi connectivity index (χ1n) is 4.93. The van der Waals surface area contributed by atoms with Gasteiger partial charge < -0.3 is 4.72 Å². The molecule has 0 aliphatic carbocycles. The van der Waals surface area contributed by atoms with E-state index in [1.807, 2.05) is 5.38 Å². The Hall–Kier alpha value is -1.47. The molecule has 17 heavy (non-hydrogen) atoms. The number of nitrogens with one attached hydrogen (secondary N) is 1. The predicted molar refractivity (Wildman–Crippen MR) is 68.6 cm³/mol. The van der Waals surface area contributed by atoms with Crippen LogP contribution in [-0.2, 0) is 11.2 Å². The van der Waals surface area contributed by atoms with Gasteiger partial charge in [-0.2, -0.15) is 0 Å². The van der Waals surface area contributed by atoms with Crippen LogP contribution in [0.25, 0.3) is 11.4 Å². The molecule has 1 N–H and O–H groups in total. The molecule has 0 saturated heterocycles. The number of amides is 1. The Labute approximate surface area is 108 Å². The van der Waals surface area contributed by atoms with Crippen LogP contribution in [0.5, 0.6) is 0 Å². The van der Waals surface area contributed by atoms with E-state index >= 15 is 0 Å². The molecule has 2 aromatic rings. The molecule has 0 aliphatic heterocycles. The highest BCUT2D eigenvalue weighted by molar-refractivity contribution is 7.78. The van der Waals surface area contributed by atoms with Crippen LogP contribution < -0.4 is 4.72 Å². The normalized spacial score (nSPS) is 10.2. The van der Waals surface area contributed by atoms with E-state index in [1.54, 1.807) is 12.3 Å². The quantitative estimate of drug-likeness (QED) is 0.823. The monoisotopic (exact) mass is 266 g/mol. The number of thiol groups is 1. The number of nitrogens with zero attached hydrogens (tertiary/aromatic N) is 3. The van der Waals surface area contributed by atoms with Crippen LogP contribution in [-0.4, -0.2) is 20.9 Å². The van der Waals surface area contributed by atoms with Crippen LogP contribution in [0, 0.1) is 0 Å². The highest BCUT2D eigenvalue weighted by atomic mass is 32.1. The third kappa shape index (κ3) is 3.24. The average Bonchev–Trinajstić information content (AvgIpc) is 2.86. The molecule has 0 fully saturated rings. The minimum Gasteiger partial charge on any atom is -0.303 e. The fraction of sp³-hybridized carbons (Fsp3) is 0.200. The van der Waals surface area contributed by atoms with Gasteiger partial charge in [-0.15, -0.1) is 11.3 Å². The Bertz CT molecular complexity index is 500. The van der Waals surface area contributed by atoms with Crippen LogP contribution in [0.4, 0.5) is 0 Å². The van der Waals surface area contributed by atoms with Gasteiger partial charge in [-0.25, -0.2) is 15.0 Å². The van der Waals surface area contributed by atoms with E-state index in [0.29, 0.717) is 12.8 Å². The molecule has 0 atom stereocenters. The summed E-state index contributed by atoms with van der Waals surface area (Å²) in [4.78, 5) is 23.4. The van der Waals surface area contributed by atoms with Gasteiger partial charge in [-0.3, -0.25) is 4.79 Å². The van der Waals surface area contributed by atoms with Crippen molar-refractivity contribution in [1.29, 1.82) is 0 Å². The van der Waals surface area contributed by atoms with Crippen molar-refractivity contribution in [1.82, 2.24) is 19.7 Å². The highest BCUT2D eigenvalue weighted by Gasteiger charge is 2.07. The molecule has 0 radical (unpaired) electrons. The molecule has 0 spiro atoms. The summed E-state index contributed by atoms with van der Waals surface area (Å²) in [5.41, 5.74) is 1.61. The van der Waals surface area contributed by atoms with Gasteiger partial charge >= 0.3 is 0 Å². The summed E-state index contributed by atoms with van der Waals surface area (Å²) in [6.45, 7) is 0. The van der Waals surface area contributed by atoms with E-state index in [-0.39, 0.29) is 5.91 Å². The van der Waals surface area contributed by atoms with Crippen LogP contribution in [0.2, 0.25) is 0 Å². The third-order valence-electron chi connectivity index (χ3n) is 2.09. The zero-order chi connectivity index (χ0) is 12.1. The second-order valence-electron chi connectivity index (χ2n) is 3.26. The van der Waals surface area contributed by atoms with Gasteiger partial charge in [-0.1, -0.05) is 12.8 Å². The first-order valence-corrected chi connectivity index (χ1v) is 6.26. The number of aromatic nitrogens is 3. The molecule has 88 valence electrons. The predicted octanol–water partition coefficient (Wildman–Crippen LogP) is 1.49. The Morgan fingerprint density at radius 3 is 3.06 bits per heavy atom. The molecule has 2 heterocycles. The smallest absolute Gasteiger partial charge is 0.230 e. The zero-order valence-electron chi connectivity index (χ0n) is 8.83. The van der Waals surface area contributed by atoms with Crippen LogP contribution in [0.15, 0.2) is 24.0 Å². The largest absolute Gasteiger partial charge is 0.303 e. The standard InChI is InChI=1S/C10H10N4OS2/c15-9(14-16)1-2-10-13-8(5-17-10)7-3-4-11-6-12-7/h3-6,16H,1-2H2,(H,14,15). The summed E-state index contributed by atoms with van der Waals surface area (Å²) in [7, 11) is 0. The molecule has 0 saturated carbocycles. The zero-order valence-corrected chi connectivity index (χ0v) is 10.5. The molecule has 2 aromatic heterocycles. The van der Waals surface area contributed by atoms with Gasteiger partial charge in [-0.05, 0) is 6.07 Å². The van der Waals surface area contributed by atoms with Gasteiger partial charge in [0.15, 0.2) is 0 Å². The Balaban J connectivity index is 2.04. The number of hydrogen-bond donors (Lipinski definition) is 2. The number of aryl methyl sites for hydroxylation is 1. The van der Waals surface area contributed by atoms with Crippen molar-refractivity contribution in [2.24, 2.45) is 0 Å². The fourth-order valence-corrected chi connectivity index (χ4v) is 2.17. The topological polar surface area (TPSA) is 67.8 Å². The van der Waals surface area contributed by atoms with Gasteiger partial charge in [0, 0.05) is 24.4 Å². The van der Waals surface area contributed by atoms with Gasteiger partial charge in [0.2, 0.25) is 5.91 Å². The number of thiazole rings is 1. The van der Waals surface area contributed by atoms with Crippen molar-refractivity contribution in [3.05, 3.63) is 29.0 Å². The maximum absolute atomic E-state index is 11.0. The molecule has 7 heteroatoms. The second-order valence-corrected chi connectivity index (χ2v) is 4.42. The Morgan fingerprint density at radius 1 is 1.47 bits per heavy atom. The fourth-order valence-electron chi connectivity index (χ4n) is 1.26. The molecule has 0 aliphatic rings. The lowest BCUT2D eigenvalue weighted by Crippen LogP contribution is -2.12. The summed E-state index contributed by atoms with van der Waals surface area (Å²) in [6.07, 6.45) is 4.17. The lowest BCUT2D eigenvalue weighted by molar-refractivity contribution is -0.119. The maximum Gasteiger partial charge on any atom is 0.230 e. The maximum atomic E-state index is 11.0. The Kier molecular flexibility index (Phi) is 4.05. The van der Waals surface area contributed by atoms with Crippen LogP contribution >= 0.6 is 24.2 Å². The number of carbonyl (C=O) groups excluding carboxylic acids is 1. The lowest BCUT2D eigenvalue weighted by Gasteiger charge is -1.95. The summed E-state index contributed by atoms with van der Waals surface area (Å²) in [5.74, 6) is -0.105. The van der Waals surface area contributed by atoms with E-state index in [1.165, 1.54) is 17.7 Å². The summed E-state index contributed by atoms with van der Waals surface area (Å²) >= 11 is 5.21. The molecule has 2 rings (SSSR count). The average molecular weight is 266 g/mol. The van der Waals surface area contributed by atoms with Crippen LogP contribution in [0.3, 0.4) is 0 Å². The molecule has 0 bridgehead atoms. The molecular formula is C10H10N4OS2. The van der Waals surface area contributed by atoms with Crippen molar-refractivity contribution in [3.63, 3.8) is 0 Å². The van der Waals surface area contributed by atoms with Crippen molar-refractivity contribution in [2.45, 2.75) is 12.8 Å². The summed E-state index contributed by atoms with van der Waals surface area (Å²) in [6, 6.07) is 1.80. The SMILES string of the molecule is O=C(CCc1nc(-c2ccncn2)cs1)NS. The van der Waals surface area contributed by atoms with Gasteiger partial charge in [0.25, 0.3) is 0 Å². The summed E-state index contributed by atoms with van der Waals surface area (Å²) < 4.78 is 2.29. The minimum atomic E-state index is -0.105. The van der Waals surface area contributed by atoms with E-state index in [0.717, 1.165) is 16.4 Å². The first kappa shape index (κ1) is 12.0. The van der Waals surface area contributed by atoms with Crippen molar-refractivity contribution in [2.75, 3.05) is 0 Å². The number of rotatable bonds is 4. The third-order valence-corrected chi connectivity index (χ3v) is 3.24. The number of hydrogen-bond acceptors (Lipinski definition) is 6. The van der Waals surface area contributed by atoms with Gasteiger partial charge in [0.05, 0.1) is 16.4 Å². The molecule has 0 aromatic carbocycles. The number of carbonyl (C=O) groups is 1. The highest BCUT2D eigenvalue weighted by Crippen LogP contribution is 2.20. The van der Waals surface area contributed by atoms with E-state index in [2.05, 4.69) is 32.5 Å². The van der Waals surface area contributed by atoms with E-state index in [9.17, 15) is 4.79 Å². The summed E-state index contributed by atoms with van der Waals surface area (Å²) in [5, 5.41) is 2.84. The van der Waals surface area contributed by atoms with Crippen molar-refractivity contribution >= 4 is 30.1 Å². The second kappa shape index (κ2) is 5.74. The lowest BCUT2D eigenvalue weighted by atomic mass is 10.3. The van der Waals surface area contributed by atoms with Crippen LogP contribution in [0.1, 0.15) is 11.4 Å².